The van der Waals surface area contributed by atoms with Crippen molar-refractivity contribution < 1.29 is 9.59 Å². The maximum atomic E-state index is 13.9. The lowest BCUT2D eigenvalue weighted by molar-refractivity contribution is 0.0969. The molecule has 40 heavy (non-hydrogen) atoms. The maximum Gasteiger partial charge on any atom is 0.332 e. The van der Waals surface area contributed by atoms with Crippen molar-refractivity contribution in [1.82, 2.24) is 24.0 Å². The molecular weight excluding hydrogens is 512 g/mol. The number of nitrogens with two attached hydrogens (primary N) is 1. The number of amides is 2. The molecule has 12 heteroatoms. The highest BCUT2D eigenvalue weighted by Gasteiger charge is 2.27. The van der Waals surface area contributed by atoms with Crippen molar-refractivity contribution in [2.24, 2.45) is 12.8 Å². The third kappa shape index (κ3) is 5.09. The summed E-state index contributed by atoms with van der Waals surface area (Å²) in [7, 11) is 1.55. The van der Waals surface area contributed by atoms with Crippen LogP contribution in [-0.4, -0.2) is 56.2 Å². The van der Waals surface area contributed by atoms with Gasteiger partial charge in [0.05, 0.1) is 12.2 Å². The summed E-state index contributed by atoms with van der Waals surface area (Å²) in [6.07, 6.45) is 7.23. The van der Waals surface area contributed by atoms with E-state index in [1.54, 1.807) is 43.6 Å². The molecule has 1 atom stereocenters. The molecule has 5 rings (SSSR count). The SMILES string of the molecule is CC(C)=CCn1c(N2CCCC(N)C2)nc2c1c(=O)n(CC(=O)c1cccc(N3C=CCNC3=O)c1)c(=O)n2C. The highest BCUT2D eigenvalue weighted by atomic mass is 16.2. The van der Waals surface area contributed by atoms with E-state index in [2.05, 4.69) is 10.2 Å². The van der Waals surface area contributed by atoms with Crippen molar-refractivity contribution in [3.05, 3.63) is 74.6 Å². The van der Waals surface area contributed by atoms with Crippen molar-refractivity contribution in [3.63, 3.8) is 0 Å². The molecule has 3 N–H and O–H groups in total. The number of imidazole rings is 1. The lowest BCUT2D eigenvalue weighted by Gasteiger charge is -2.31. The van der Waals surface area contributed by atoms with E-state index in [0.29, 0.717) is 31.3 Å². The minimum Gasteiger partial charge on any atom is -0.341 e. The lowest BCUT2D eigenvalue weighted by Crippen LogP contribution is -2.44. The predicted molar refractivity (Wildman–Crippen MR) is 154 cm³/mol. The molecule has 0 saturated carbocycles. The number of rotatable bonds is 7. The Bertz CT molecular complexity index is 1660. The normalized spacial score (nSPS) is 17.3. The maximum absolute atomic E-state index is 13.9. The predicted octanol–water partition coefficient (Wildman–Crippen LogP) is 1.72. The number of aromatic nitrogens is 4. The van der Waals surface area contributed by atoms with Gasteiger partial charge in [0, 0.05) is 51.0 Å². The molecule has 3 aromatic rings. The Morgan fingerprint density at radius 3 is 2.73 bits per heavy atom. The molecule has 2 aliphatic heterocycles. The van der Waals surface area contributed by atoms with Crippen LogP contribution in [0.3, 0.4) is 0 Å². The van der Waals surface area contributed by atoms with Crippen LogP contribution < -0.4 is 32.1 Å². The molecule has 2 amide bonds. The molecular formula is C28H34N8O4. The number of carbonyl (C=O) groups is 2. The van der Waals surface area contributed by atoms with Crippen molar-refractivity contribution in [2.75, 3.05) is 29.4 Å². The molecule has 0 radical (unpaired) electrons. The summed E-state index contributed by atoms with van der Waals surface area (Å²) in [5, 5.41) is 2.71. The number of allylic oxidation sites excluding steroid dienone is 2. The minimum absolute atomic E-state index is 0.00849. The number of hydrogen-bond acceptors (Lipinski definition) is 7. The second-order valence-corrected chi connectivity index (χ2v) is 10.5. The molecule has 1 fully saturated rings. The van der Waals surface area contributed by atoms with Gasteiger partial charge in [-0.05, 0) is 44.9 Å². The molecule has 1 saturated heterocycles. The van der Waals surface area contributed by atoms with E-state index in [-0.39, 0.29) is 28.8 Å². The first kappa shape index (κ1) is 27.1. The zero-order valence-corrected chi connectivity index (χ0v) is 23.0. The first-order valence-electron chi connectivity index (χ1n) is 13.4. The Balaban J connectivity index is 1.57. The standard InChI is InChI=1S/C28H34N8O4/c1-18(2)10-14-35-23-24(31-26(35)33-12-5-8-20(29)16-33)32(3)28(40)36(25(23)38)17-22(37)19-7-4-9-21(15-19)34-13-6-11-30-27(34)39/h4,6-7,9-10,13,15,20H,5,8,11-12,14,16-17,29H2,1-3H3,(H,30,39). The van der Waals surface area contributed by atoms with E-state index in [1.165, 1.54) is 9.47 Å². The minimum atomic E-state index is -0.630. The van der Waals surface area contributed by atoms with Crippen LogP contribution in [0.2, 0.25) is 0 Å². The smallest absolute Gasteiger partial charge is 0.332 e. The number of carbonyl (C=O) groups excluding carboxylic acids is 2. The van der Waals surface area contributed by atoms with Crippen LogP contribution >= 0.6 is 0 Å². The molecule has 2 aromatic heterocycles. The average molecular weight is 547 g/mol. The first-order valence-corrected chi connectivity index (χ1v) is 13.4. The lowest BCUT2D eigenvalue weighted by atomic mass is 10.1. The van der Waals surface area contributed by atoms with Crippen molar-refractivity contribution in [3.8, 4) is 0 Å². The van der Waals surface area contributed by atoms with E-state index in [0.717, 1.165) is 29.5 Å². The van der Waals surface area contributed by atoms with Gasteiger partial charge in [-0.25, -0.2) is 9.59 Å². The topological polar surface area (TPSA) is 140 Å². The number of urea groups is 1. The van der Waals surface area contributed by atoms with Gasteiger partial charge in [0.25, 0.3) is 5.56 Å². The summed E-state index contributed by atoms with van der Waals surface area (Å²) in [5.74, 6) is 0.152. The van der Waals surface area contributed by atoms with Gasteiger partial charge in [0.1, 0.15) is 0 Å². The Morgan fingerprint density at radius 2 is 2.00 bits per heavy atom. The number of aryl methyl sites for hydroxylation is 1. The molecule has 1 unspecified atom stereocenters. The highest BCUT2D eigenvalue weighted by molar-refractivity contribution is 5.99. The Kier molecular flexibility index (Phi) is 7.44. The number of nitrogens with zero attached hydrogens (tertiary/aromatic N) is 6. The summed E-state index contributed by atoms with van der Waals surface area (Å²) in [5.41, 5.74) is 7.39. The second-order valence-electron chi connectivity index (χ2n) is 10.5. The quantitative estimate of drug-likeness (QED) is 0.340. The average Bonchev–Trinajstić information content (AvgIpc) is 3.33. The Hall–Kier alpha value is -4.45. The van der Waals surface area contributed by atoms with E-state index in [9.17, 15) is 19.2 Å². The van der Waals surface area contributed by atoms with Crippen LogP contribution in [0.4, 0.5) is 16.4 Å². The van der Waals surface area contributed by atoms with Crippen LogP contribution in [0, 0.1) is 0 Å². The monoisotopic (exact) mass is 546 g/mol. The molecule has 1 aromatic carbocycles. The van der Waals surface area contributed by atoms with Gasteiger partial charge in [0.2, 0.25) is 5.95 Å². The van der Waals surface area contributed by atoms with Crippen LogP contribution in [0.25, 0.3) is 11.2 Å². The van der Waals surface area contributed by atoms with Crippen LogP contribution in [0.1, 0.15) is 37.0 Å². The van der Waals surface area contributed by atoms with Crippen LogP contribution in [-0.2, 0) is 20.1 Å². The Labute approximate surface area is 231 Å². The van der Waals surface area contributed by atoms with E-state index in [1.807, 2.05) is 24.5 Å². The molecule has 2 aliphatic rings. The second kappa shape index (κ2) is 11.0. The molecule has 0 spiro atoms. The van der Waals surface area contributed by atoms with Crippen LogP contribution in [0.15, 0.2) is 57.8 Å². The third-order valence-electron chi connectivity index (χ3n) is 7.23. The summed E-state index contributed by atoms with van der Waals surface area (Å²) < 4.78 is 4.08. The number of hydrogen-bond donors (Lipinski definition) is 2. The molecule has 12 nitrogen and oxygen atoms in total. The van der Waals surface area contributed by atoms with Gasteiger partial charge in [-0.15, -0.1) is 0 Å². The fourth-order valence-electron chi connectivity index (χ4n) is 5.10. The molecule has 210 valence electrons. The fourth-order valence-corrected chi connectivity index (χ4v) is 5.10. The summed E-state index contributed by atoms with van der Waals surface area (Å²) >= 11 is 0. The van der Waals surface area contributed by atoms with Crippen molar-refractivity contribution in [1.29, 1.82) is 0 Å². The zero-order chi connectivity index (χ0) is 28.6. The molecule has 0 aliphatic carbocycles. The van der Waals surface area contributed by atoms with Gasteiger partial charge in [-0.2, -0.15) is 4.98 Å². The first-order chi connectivity index (χ1) is 19.2. The van der Waals surface area contributed by atoms with Gasteiger partial charge in [-0.1, -0.05) is 23.8 Å². The van der Waals surface area contributed by atoms with E-state index in [4.69, 9.17) is 10.7 Å². The van der Waals surface area contributed by atoms with Crippen molar-refractivity contribution >= 4 is 34.6 Å². The Morgan fingerprint density at radius 1 is 1.20 bits per heavy atom. The number of nitrogens with one attached hydrogen (secondary N) is 1. The molecule has 4 heterocycles. The fraction of sp³-hybridized carbons (Fsp3) is 0.393. The number of anilines is 2. The summed E-state index contributed by atoms with van der Waals surface area (Å²) in [6, 6.07) is 6.22. The van der Waals surface area contributed by atoms with Gasteiger partial charge < -0.3 is 20.5 Å². The van der Waals surface area contributed by atoms with Crippen molar-refractivity contribution in [2.45, 2.75) is 45.8 Å². The summed E-state index contributed by atoms with van der Waals surface area (Å²) in [6.45, 7) is 5.64. The summed E-state index contributed by atoms with van der Waals surface area (Å²) in [4.78, 5) is 61.0. The van der Waals surface area contributed by atoms with E-state index < -0.39 is 23.6 Å². The number of piperidine rings is 1. The van der Waals surface area contributed by atoms with Crippen LogP contribution in [0.5, 0.6) is 0 Å². The largest absolute Gasteiger partial charge is 0.341 e. The van der Waals surface area contributed by atoms with E-state index >= 15 is 0 Å². The number of Topliss-reactive ketones (excluding diaryl/α,β-unsaturated/α-hetero) is 1. The number of fused-ring (bicyclic) bond motifs is 1. The van der Waals surface area contributed by atoms with Gasteiger partial charge in [-0.3, -0.25) is 23.6 Å². The third-order valence-corrected chi connectivity index (χ3v) is 7.23. The van der Waals surface area contributed by atoms with Gasteiger partial charge in [0.15, 0.2) is 16.9 Å². The molecule has 0 bridgehead atoms. The number of benzene rings is 1. The highest BCUT2D eigenvalue weighted by Crippen LogP contribution is 2.24. The number of ketones is 1. The van der Waals surface area contributed by atoms with Gasteiger partial charge >= 0.3 is 11.7 Å². The zero-order valence-electron chi connectivity index (χ0n) is 23.0.